The van der Waals surface area contributed by atoms with Gasteiger partial charge in [0.2, 0.25) is 0 Å². The van der Waals surface area contributed by atoms with Gasteiger partial charge in [-0.1, -0.05) is 6.07 Å². The lowest BCUT2D eigenvalue weighted by Gasteiger charge is -2.35. The van der Waals surface area contributed by atoms with Crippen molar-refractivity contribution in [3.05, 3.63) is 47.3 Å². The minimum absolute atomic E-state index is 0.249. The van der Waals surface area contributed by atoms with Crippen LogP contribution in [0.3, 0.4) is 0 Å². The lowest BCUT2D eigenvalue weighted by Crippen LogP contribution is -2.44. The van der Waals surface area contributed by atoms with E-state index in [4.69, 9.17) is 14.2 Å². The summed E-state index contributed by atoms with van der Waals surface area (Å²) in [6, 6.07) is 8.60. The van der Waals surface area contributed by atoms with Gasteiger partial charge in [-0.25, -0.2) is 4.39 Å². The molecule has 2 aromatic carbocycles. The summed E-state index contributed by atoms with van der Waals surface area (Å²) < 4.78 is 31.1. The van der Waals surface area contributed by atoms with Crippen molar-refractivity contribution >= 4 is 11.7 Å². The van der Waals surface area contributed by atoms with Gasteiger partial charge in [0, 0.05) is 43.5 Å². The lowest BCUT2D eigenvalue weighted by atomic mass is 9.89. The Balaban J connectivity index is 1.62. The van der Waals surface area contributed by atoms with Crippen LogP contribution in [0.2, 0.25) is 0 Å². The predicted octanol–water partition coefficient (Wildman–Crippen LogP) is 2.84. The van der Waals surface area contributed by atoms with Crippen molar-refractivity contribution in [1.29, 1.82) is 0 Å². The highest BCUT2D eigenvalue weighted by atomic mass is 19.1. The molecule has 2 aromatic rings. The summed E-state index contributed by atoms with van der Waals surface area (Å²) in [4.78, 5) is 17.1. The monoisotopic (exact) mass is 400 g/mol. The Morgan fingerprint density at radius 1 is 1.03 bits per heavy atom. The van der Waals surface area contributed by atoms with E-state index in [1.165, 1.54) is 7.11 Å². The van der Waals surface area contributed by atoms with Crippen molar-refractivity contribution in [2.24, 2.45) is 0 Å². The largest absolute Gasteiger partial charge is 0.493 e. The smallest absolute Gasteiger partial charge is 0.319 e. The molecule has 4 rings (SSSR count). The molecular formula is C22H25FN2O4. The third-order valence-corrected chi connectivity index (χ3v) is 5.72. The van der Waals surface area contributed by atoms with Gasteiger partial charge in [-0.15, -0.1) is 0 Å². The Hall–Kier alpha value is -2.80. The third-order valence-electron chi connectivity index (χ3n) is 5.72. The molecule has 0 saturated carbocycles. The molecule has 0 bridgehead atoms. The highest BCUT2D eigenvalue weighted by Gasteiger charge is 2.33. The topological polar surface area (TPSA) is 51.2 Å². The van der Waals surface area contributed by atoms with Gasteiger partial charge in [-0.3, -0.25) is 4.79 Å². The van der Waals surface area contributed by atoms with Crippen LogP contribution in [0.1, 0.15) is 17.0 Å². The number of halogens is 1. The van der Waals surface area contributed by atoms with Crippen molar-refractivity contribution in [2.75, 3.05) is 52.3 Å². The molecule has 1 saturated heterocycles. The highest BCUT2D eigenvalue weighted by molar-refractivity contribution is 5.84. The highest BCUT2D eigenvalue weighted by Crippen LogP contribution is 2.39. The maximum Gasteiger partial charge on any atom is 0.319 e. The number of methoxy groups -OCH3 is 2. The number of carbonyl (C=O) groups is 1. The second kappa shape index (κ2) is 7.91. The number of carbonyl (C=O) groups excluding carboxylic acids is 1. The first kappa shape index (κ1) is 19.5. The quantitative estimate of drug-likeness (QED) is 0.581. The molecular weight excluding hydrogens is 375 g/mol. The van der Waals surface area contributed by atoms with Gasteiger partial charge in [0.25, 0.3) is 0 Å². The summed E-state index contributed by atoms with van der Waals surface area (Å²) in [5.41, 5.74) is 1.90. The van der Waals surface area contributed by atoms with Crippen LogP contribution >= 0.6 is 0 Å². The molecule has 0 radical (unpaired) electrons. The second-order valence-corrected chi connectivity index (χ2v) is 7.49. The fourth-order valence-electron chi connectivity index (χ4n) is 3.92. The molecule has 2 heterocycles. The standard InChI is InChI=1S/C22H25FN2O4/c1-24-6-8-25(9-7-24)15-11-18(23)17-13-16(22(26)29-20(17)12-15)14-4-5-19(27-2)21(10-14)28-3/h4-5,10-12,16H,6-9,13H2,1-3H3. The van der Waals surface area contributed by atoms with E-state index in [2.05, 4.69) is 16.8 Å². The first-order chi connectivity index (χ1) is 14.0. The van der Waals surface area contributed by atoms with E-state index < -0.39 is 5.92 Å². The number of anilines is 1. The van der Waals surface area contributed by atoms with Crippen molar-refractivity contribution in [2.45, 2.75) is 12.3 Å². The van der Waals surface area contributed by atoms with E-state index >= 15 is 0 Å². The summed E-state index contributed by atoms with van der Waals surface area (Å²) in [5.74, 6) is 0.0966. The minimum atomic E-state index is -0.591. The fourth-order valence-corrected chi connectivity index (χ4v) is 3.92. The summed E-state index contributed by atoms with van der Waals surface area (Å²) in [7, 11) is 5.16. The van der Waals surface area contributed by atoms with Crippen LogP contribution in [0, 0.1) is 5.82 Å². The number of hydrogen-bond acceptors (Lipinski definition) is 6. The minimum Gasteiger partial charge on any atom is -0.493 e. The zero-order chi connectivity index (χ0) is 20.5. The van der Waals surface area contributed by atoms with E-state index in [1.807, 2.05) is 0 Å². The Labute approximate surface area is 169 Å². The average Bonchev–Trinajstić information content (AvgIpc) is 2.73. The van der Waals surface area contributed by atoms with Crippen LogP contribution < -0.4 is 19.1 Å². The third kappa shape index (κ3) is 3.74. The molecule has 2 aliphatic heterocycles. The zero-order valence-electron chi connectivity index (χ0n) is 16.9. The van der Waals surface area contributed by atoms with Crippen molar-refractivity contribution in [3.63, 3.8) is 0 Å². The van der Waals surface area contributed by atoms with Crippen LogP contribution in [0.5, 0.6) is 17.2 Å². The molecule has 29 heavy (non-hydrogen) atoms. The van der Waals surface area contributed by atoms with Crippen LogP contribution in [0.15, 0.2) is 30.3 Å². The Bertz CT molecular complexity index is 925. The SMILES string of the molecule is COc1ccc(C2Cc3c(F)cc(N4CCN(C)CC4)cc3OC2=O)cc1OC. The lowest BCUT2D eigenvalue weighted by molar-refractivity contribution is -0.137. The Morgan fingerprint density at radius 3 is 2.45 bits per heavy atom. The molecule has 154 valence electrons. The number of hydrogen-bond donors (Lipinski definition) is 0. The Morgan fingerprint density at radius 2 is 1.76 bits per heavy atom. The van der Waals surface area contributed by atoms with E-state index in [1.54, 1.807) is 37.4 Å². The summed E-state index contributed by atoms with van der Waals surface area (Å²) >= 11 is 0. The van der Waals surface area contributed by atoms with Gasteiger partial charge in [-0.2, -0.15) is 0 Å². The van der Waals surface area contributed by atoms with Gasteiger partial charge >= 0.3 is 5.97 Å². The van der Waals surface area contributed by atoms with E-state index in [9.17, 15) is 9.18 Å². The van der Waals surface area contributed by atoms with Gasteiger partial charge in [-0.05, 0) is 37.2 Å². The van der Waals surface area contributed by atoms with Gasteiger partial charge in [0.05, 0.1) is 20.1 Å². The number of piperazine rings is 1. The summed E-state index contributed by atoms with van der Waals surface area (Å²) in [5, 5.41) is 0. The fraction of sp³-hybridized carbons (Fsp3) is 0.409. The maximum absolute atomic E-state index is 15.0. The molecule has 0 aliphatic carbocycles. The first-order valence-electron chi connectivity index (χ1n) is 9.69. The number of benzene rings is 2. The van der Waals surface area contributed by atoms with Crippen LogP contribution in [0.4, 0.5) is 10.1 Å². The molecule has 0 amide bonds. The predicted molar refractivity (Wildman–Crippen MR) is 108 cm³/mol. The molecule has 1 fully saturated rings. The molecule has 2 aliphatic rings. The average molecular weight is 400 g/mol. The number of nitrogens with zero attached hydrogens (tertiary/aromatic N) is 2. The van der Waals surface area contributed by atoms with Gasteiger partial charge < -0.3 is 24.0 Å². The molecule has 1 unspecified atom stereocenters. The van der Waals surface area contributed by atoms with Crippen molar-refractivity contribution in [1.82, 2.24) is 4.90 Å². The van der Waals surface area contributed by atoms with Gasteiger partial charge in [0.1, 0.15) is 11.6 Å². The number of rotatable bonds is 4. The number of likely N-dealkylation sites (N-methyl/N-ethyl adjacent to an activating group) is 1. The summed E-state index contributed by atoms with van der Waals surface area (Å²) in [6.45, 7) is 3.47. The van der Waals surface area contributed by atoms with Crippen LogP contribution in [-0.4, -0.2) is 58.3 Å². The van der Waals surface area contributed by atoms with E-state index in [0.717, 1.165) is 31.9 Å². The maximum atomic E-state index is 15.0. The molecule has 0 N–H and O–H groups in total. The second-order valence-electron chi connectivity index (χ2n) is 7.49. The number of fused-ring (bicyclic) bond motifs is 1. The zero-order valence-corrected chi connectivity index (χ0v) is 16.9. The van der Waals surface area contributed by atoms with Crippen LogP contribution in [0.25, 0.3) is 0 Å². The molecule has 0 spiro atoms. The Kier molecular flexibility index (Phi) is 5.32. The van der Waals surface area contributed by atoms with Crippen molar-refractivity contribution < 1.29 is 23.4 Å². The number of esters is 1. The number of ether oxygens (including phenoxy) is 3. The van der Waals surface area contributed by atoms with Gasteiger partial charge in [0.15, 0.2) is 11.5 Å². The molecule has 0 aromatic heterocycles. The first-order valence-corrected chi connectivity index (χ1v) is 9.69. The molecule has 6 nitrogen and oxygen atoms in total. The van der Waals surface area contributed by atoms with E-state index in [-0.39, 0.29) is 18.2 Å². The normalized spacial score (nSPS) is 19.5. The summed E-state index contributed by atoms with van der Waals surface area (Å²) in [6.07, 6.45) is 0.249. The molecule has 7 heteroatoms. The van der Waals surface area contributed by atoms with Crippen LogP contribution in [-0.2, 0) is 11.2 Å². The van der Waals surface area contributed by atoms with Crippen molar-refractivity contribution in [3.8, 4) is 17.2 Å². The molecule has 1 atom stereocenters. The van der Waals surface area contributed by atoms with E-state index in [0.29, 0.717) is 28.4 Å².